The van der Waals surface area contributed by atoms with Crippen molar-refractivity contribution in [2.75, 3.05) is 11.9 Å². The molecule has 0 saturated heterocycles. The number of nitrogens with zero attached hydrogens (tertiary/aromatic N) is 1. The number of hydrogen-bond acceptors (Lipinski definition) is 4. The minimum Gasteiger partial charge on any atom is -0.355 e. The molecule has 0 spiro atoms. The van der Waals surface area contributed by atoms with Crippen LogP contribution in [0.3, 0.4) is 0 Å². The molecule has 1 aliphatic carbocycles. The molecule has 0 radical (unpaired) electrons. The van der Waals surface area contributed by atoms with Crippen molar-refractivity contribution in [3.8, 4) is 0 Å². The maximum absolute atomic E-state index is 12.1. The summed E-state index contributed by atoms with van der Waals surface area (Å²) in [6.45, 7) is 2.56. The minimum absolute atomic E-state index is 0.0688. The summed E-state index contributed by atoms with van der Waals surface area (Å²) in [6, 6.07) is 9.58. The second kappa shape index (κ2) is 9.65. The number of rotatable bonds is 8. The summed E-state index contributed by atoms with van der Waals surface area (Å²) >= 11 is 1.60. The van der Waals surface area contributed by atoms with Gasteiger partial charge in [0.25, 0.3) is 0 Å². The summed E-state index contributed by atoms with van der Waals surface area (Å²) in [5.41, 5.74) is 2.12. The molecule has 0 fully saturated rings. The van der Waals surface area contributed by atoms with Gasteiger partial charge in [0, 0.05) is 17.8 Å². The van der Waals surface area contributed by atoms with Crippen molar-refractivity contribution in [1.29, 1.82) is 0 Å². The van der Waals surface area contributed by atoms with Crippen molar-refractivity contribution in [3.05, 3.63) is 46.5 Å². The predicted molar refractivity (Wildman–Crippen MR) is 109 cm³/mol. The van der Waals surface area contributed by atoms with Gasteiger partial charge in [0.1, 0.15) is 0 Å². The third kappa shape index (κ3) is 5.89. The lowest BCUT2D eigenvalue weighted by molar-refractivity contribution is -0.120. The highest BCUT2D eigenvalue weighted by molar-refractivity contribution is 7.15. The molecule has 1 unspecified atom stereocenters. The maximum Gasteiger partial charge on any atom is 0.227 e. The van der Waals surface area contributed by atoms with Crippen molar-refractivity contribution in [2.24, 2.45) is 5.92 Å². The van der Waals surface area contributed by atoms with Crippen LogP contribution in [0.2, 0.25) is 0 Å². The Kier molecular flexibility index (Phi) is 6.98. The van der Waals surface area contributed by atoms with Gasteiger partial charge in [0.05, 0.1) is 12.1 Å². The Hall–Kier alpha value is -2.21. The number of hydrogen-bond donors (Lipinski definition) is 2. The van der Waals surface area contributed by atoms with E-state index in [-0.39, 0.29) is 18.2 Å². The number of carbonyl (C=O) groups is 2. The summed E-state index contributed by atoms with van der Waals surface area (Å²) in [5, 5.41) is 6.38. The number of aromatic nitrogens is 1. The molecule has 0 saturated carbocycles. The van der Waals surface area contributed by atoms with Crippen LogP contribution in [0.25, 0.3) is 0 Å². The molecule has 6 heteroatoms. The van der Waals surface area contributed by atoms with Crippen molar-refractivity contribution in [2.45, 2.75) is 51.9 Å². The first kappa shape index (κ1) is 19.5. The summed E-state index contributed by atoms with van der Waals surface area (Å²) in [6.07, 6.45) is 6.38. The van der Waals surface area contributed by atoms with Crippen LogP contribution in [0.15, 0.2) is 30.3 Å². The van der Waals surface area contributed by atoms with Gasteiger partial charge in [-0.05, 0) is 30.7 Å². The topological polar surface area (TPSA) is 71.1 Å². The number of amides is 2. The van der Waals surface area contributed by atoms with Gasteiger partial charge in [-0.3, -0.25) is 9.59 Å². The van der Waals surface area contributed by atoms with Crippen molar-refractivity contribution in [1.82, 2.24) is 10.3 Å². The SMILES string of the molecule is CCCC1CCc2nc(NC(=O)CCNC(=O)Cc3ccccc3)sc2C1. The van der Waals surface area contributed by atoms with E-state index in [1.807, 2.05) is 30.3 Å². The molecule has 1 aliphatic rings. The van der Waals surface area contributed by atoms with E-state index in [1.165, 1.54) is 24.1 Å². The average Bonchev–Trinajstić information content (AvgIpc) is 3.04. The zero-order chi connectivity index (χ0) is 19.1. The fourth-order valence-corrected chi connectivity index (χ4v) is 4.63. The molecular weight excluding hydrogens is 358 g/mol. The first-order valence-corrected chi connectivity index (χ1v) is 10.5. The van der Waals surface area contributed by atoms with Gasteiger partial charge in [0.15, 0.2) is 5.13 Å². The monoisotopic (exact) mass is 385 g/mol. The van der Waals surface area contributed by atoms with Gasteiger partial charge in [-0.15, -0.1) is 11.3 Å². The number of aryl methyl sites for hydroxylation is 1. The van der Waals surface area contributed by atoms with Gasteiger partial charge < -0.3 is 10.6 Å². The quantitative estimate of drug-likeness (QED) is 0.727. The van der Waals surface area contributed by atoms with Gasteiger partial charge >= 0.3 is 0 Å². The fourth-order valence-electron chi connectivity index (χ4n) is 3.49. The van der Waals surface area contributed by atoms with E-state index < -0.39 is 0 Å². The van der Waals surface area contributed by atoms with Crippen molar-refractivity contribution in [3.63, 3.8) is 0 Å². The first-order chi connectivity index (χ1) is 13.1. The molecule has 27 heavy (non-hydrogen) atoms. The van der Waals surface area contributed by atoms with E-state index >= 15 is 0 Å². The Morgan fingerprint density at radius 3 is 2.81 bits per heavy atom. The van der Waals surface area contributed by atoms with E-state index in [0.29, 0.717) is 18.1 Å². The number of anilines is 1. The summed E-state index contributed by atoms with van der Waals surface area (Å²) < 4.78 is 0. The second-order valence-corrected chi connectivity index (χ2v) is 8.18. The minimum atomic E-state index is -0.105. The molecule has 144 valence electrons. The average molecular weight is 386 g/mol. The molecule has 3 rings (SSSR count). The van der Waals surface area contributed by atoms with Crippen LogP contribution in [-0.4, -0.2) is 23.3 Å². The zero-order valence-corrected chi connectivity index (χ0v) is 16.6. The molecule has 5 nitrogen and oxygen atoms in total. The van der Waals surface area contributed by atoms with Gasteiger partial charge in [0.2, 0.25) is 11.8 Å². The molecule has 2 N–H and O–H groups in total. The smallest absolute Gasteiger partial charge is 0.227 e. The number of carbonyl (C=O) groups excluding carboxylic acids is 2. The van der Waals surface area contributed by atoms with Crippen LogP contribution in [0.5, 0.6) is 0 Å². The molecule has 1 atom stereocenters. The molecule has 1 heterocycles. The largest absolute Gasteiger partial charge is 0.355 e. The van der Waals surface area contributed by atoms with Crippen LogP contribution in [-0.2, 0) is 28.9 Å². The van der Waals surface area contributed by atoms with Crippen molar-refractivity contribution >= 4 is 28.3 Å². The standard InChI is InChI=1S/C21H27N3O2S/c1-2-6-15-9-10-17-18(13-15)27-21(23-17)24-19(25)11-12-22-20(26)14-16-7-4-3-5-8-16/h3-5,7-8,15H,2,6,9-14H2,1H3,(H,22,26)(H,23,24,25). The van der Waals surface area contributed by atoms with Crippen LogP contribution in [0, 0.1) is 5.92 Å². The summed E-state index contributed by atoms with van der Waals surface area (Å²) in [7, 11) is 0. The lowest BCUT2D eigenvalue weighted by atomic mass is 9.88. The molecule has 2 aromatic rings. The van der Waals surface area contributed by atoms with E-state index in [2.05, 4.69) is 22.5 Å². The van der Waals surface area contributed by atoms with E-state index in [9.17, 15) is 9.59 Å². The van der Waals surface area contributed by atoms with Crippen LogP contribution < -0.4 is 10.6 Å². The molecule has 2 amide bonds. The Morgan fingerprint density at radius 1 is 1.22 bits per heavy atom. The second-order valence-electron chi connectivity index (χ2n) is 7.10. The van der Waals surface area contributed by atoms with E-state index in [4.69, 9.17) is 0 Å². The lowest BCUT2D eigenvalue weighted by Crippen LogP contribution is -2.28. The lowest BCUT2D eigenvalue weighted by Gasteiger charge is -2.19. The third-order valence-electron chi connectivity index (χ3n) is 4.87. The first-order valence-electron chi connectivity index (χ1n) is 9.73. The van der Waals surface area contributed by atoms with Gasteiger partial charge in [-0.2, -0.15) is 0 Å². The zero-order valence-electron chi connectivity index (χ0n) is 15.8. The molecular formula is C21H27N3O2S. The normalized spacial score (nSPS) is 15.8. The highest BCUT2D eigenvalue weighted by atomic mass is 32.1. The molecule has 0 aliphatic heterocycles. The highest BCUT2D eigenvalue weighted by Crippen LogP contribution is 2.34. The Labute approximate surface area is 164 Å². The maximum atomic E-state index is 12.1. The Balaban J connectivity index is 1.40. The number of fused-ring (bicyclic) bond motifs is 1. The van der Waals surface area contributed by atoms with E-state index in [0.717, 1.165) is 30.0 Å². The molecule has 0 bridgehead atoms. The Morgan fingerprint density at radius 2 is 2.04 bits per heavy atom. The Bertz CT molecular complexity index is 773. The van der Waals surface area contributed by atoms with Gasteiger partial charge in [-0.25, -0.2) is 4.98 Å². The van der Waals surface area contributed by atoms with E-state index in [1.54, 1.807) is 11.3 Å². The summed E-state index contributed by atoms with van der Waals surface area (Å²) in [4.78, 5) is 30.0. The third-order valence-corrected chi connectivity index (χ3v) is 5.90. The van der Waals surface area contributed by atoms with Crippen molar-refractivity contribution < 1.29 is 9.59 Å². The summed E-state index contributed by atoms with van der Waals surface area (Å²) in [5.74, 6) is 0.582. The number of nitrogens with one attached hydrogen (secondary N) is 2. The predicted octanol–water partition coefficient (Wildman–Crippen LogP) is 3.74. The number of benzene rings is 1. The highest BCUT2D eigenvalue weighted by Gasteiger charge is 2.22. The van der Waals surface area contributed by atoms with Gasteiger partial charge in [-0.1, -0.05) is 50.1 Å². The number of thiazole rings is 1. The van der Waals surface area contributed by atoms with Crippen LogP contribution >= 0.6 is 11.3 Å². The van der Waals surface area contributed by atoms with Crippen LogP contribution in [0.1, 0.15) is 48.7 Å². The fraction of sp³-hybridized carbons (Fsp3) is 0.476. The van der Waals surface area contributed by atoms with Crippen LogP contribution in [0.4, 0.5) is 5.13 Å². The molecule has 1 aromatic heterocycles. The molecule has 1 aromatic carbocycles.